The van der Waals surface area contributed by atoms with Gasteiger partial charge in [-0.1, -0.05) is 29.8 Å². The Morgan fingerprint density at radius 2 is 1.79 bits per heavy atom. The molecule has 0 radical (unpaired) electrons. The lowest BCUT2D eigenvalue weighted by Crippen LogP contribution is -2.45. The van der Waals surface area contributed by atoms with Gasteiger partial charge in [0.25, 0.3) is 5.91 Å². The van der Waals surface area contributed by atoms with Crippen LogP contribution in [0.2, 0.25) is 0 Å². The van der Waals surface area contributed by atoms with Crippen molar-refractivity contribution in [3.63, 3.8) is 0 Å². The molecule has 0 unspecified atom stereocenters. The molecule has 0 atom stereocenters. The van der Waals surface area contributed by atoms with Crippen molar-refractivity contribution < 1.29 is 4.79 Å². The molecule has 1 saturated heterocycles. The van der Waals surface area contributed by atoms with E-state index in [2.05, 4.69) is 45.3 Å². The maximum Gasteiger partial charge on any atom is 0.252 e. The fourth-order valence-electron chi connectivity index (χ4n) is 3.95. The number of anilines is 1. The van der Waals surface area contributed by atoms with Crippen LogP contribution in [0.1, 0.15) is 27.2 Å². The van der Waals surface area contributed by atoms with E-state index in [-0.39, 0.29) is 5.91 Å². The van der Waals surface area contributed by atoms with Gasteiger partial charge in [-0.3, -0.25) is 9.78 Å². The van der Waals surface area contributed by atoms with Crippen molar-refractivity contribution in [3.05, 3.63) is 70.9 Å². The zero-order chi connectivity index (χ0) is 20.4. The molecule has 2 heterocycles. The number of hydrogen-bond acceptors (Lipinski definition) is 4. The summed E-state index contributed by atoms with van der Waals surface area (Å²) in [5.41, 5.74) is 5.89. The second kappa shape index (κ2) is 8.21. The van der Waals surface area contributed by atoms with Crippen LogP contribution in [0.25, 0.3) is 10.9 Å². The molecule has 0 saturated carbocycles. The summed E-state index contributed by atoms with van der Waals surface area (Å²) in [5.74, 6) is -0.0562. The summed E-state index contributed by atoms with van der Waals surface area (Å²) in [7, 11) is 2.16. The number of hydrogen-bond donors (Lipinski definition) is 1. The van der Waals surface area contributed by atoms with Crippen LogP contribution in [-0.4, -0.2) is 49.0 Å². The number of carbonyl (C=O) groups is 1. The highest BCUT2D eigenvalue weighted by Gasteiger charge is 2.18. The van der Waals surface area contributed by atoms with Crippen LogP contribution in [0.3, 0.4) is 0 Å². The van der Waals surface area contributed by atoms with Crippen LogP contribution in [0.15, 0.2) is 48.5 Å². The Balaban J connectivity index is 1.55. The van der Waals surface area contributed by atoms with Crippen LogP contribution in [0.5, 0.6) is 0 Å². The average Bonchev–Trinajstić information content (AvgIpc) is 2.72. The highest BCUT2D eigenvalue weighted by Crippen LogP contribution is 2.23. The number of fused-ring (bicyclic) bond motifs is 1. The lowest BCUT2D eigenvalue weighted by molar-refractivity contribution is 0.0952. The van der Waals surface area contributed by atoms with Crippen molar-refractivity contribution in [1.29, 1.82) is 0 Å². The Morgan fingerprint density at radius 1 is 1.03 bits per heavy atom. The van der Waals surface area contributed by atoms with Crippen molar-refractivity contribution in [3.8, 4) is 0 Å². The summed E-state index contributed by atoms with van der Waals surface area (Å²) in [6, 6.07) is 16.3. The van der Waals surface area contributed by atoms with Crippen LogP contribution in [0, 0.1) is 13.8 Å². The van der Waals surface area contributed by atoms with Crippen molar-refractivity contribution in [2.45, 2.75) is 20.4 Å². The molecule has 3 aromatic rings. The first-order chi connectivity index (χ1) is 14.0. The van der Waals surface area contributed by atoms with Gasteiger partial charge in [-0.2, -0.15) is 0 Å². The molecule has 1 N–H and O–H groups in total. The normalized spacial score (nSPS) is 14.9. The number of benzene rings is 2. The maximum atomic E-state index is 13.1. The minimum Gasteiger partial charge on any atom is -0.369 e. The van der Waals surface area contributed by atoms with Crippen molar-refractivity contribution >= 4 is 22.5 Å². The quantitative estimate of drug-likeness (QED) is 0.743. The minimum atomic E-state index is -0.0562. The molecule has 1 fully saturated rings. The summed E-state index contributed by atoms with van der Waals surface area (Å²) >= 11 is 0. The summed E-state index contributed by atoms with van der Waals surface area (Å²) in [6.07, 6.45) is 0. The van der Waals surface area contributed by atoms with Gasteiger partial charge in [0.15, 0.2) is 0 Å². The Labute approximate surface area is 172 Å². The van der Waals surface area contributed by atoms with E-state index >= 15 is 0 Å². The van der Waals surface area contributed by atoms with E-state index in [9.17, 15) is 4.79 Å². The first kappa shape index (κ1) is 19.4. The van der Waals surface area contributed by atoms with E-state index in [0.717, 1.165) is 53.9 Å². The number of amides is 1. The molecule has 0 aliphatic carbocycles. The smallest absolute Gasteiger partial charge is 0.252 e. The fraction of sp³-hybridized carbons (Fsp3) is 0.333. The van der Waals surface area contributed by atoms with E-state index in [1.54, 1.807) is 0 Å². The average molecular weight is 389 g/mol. The molecule has 1 amide bonds. The molecule has 1 aromatic heterocycles. The van der Waals surface area contributed by atoms with Crippen molar-refractivity contribution in [2.24, 2.45) is 0 Å². The van der Waals surface area contributed by atoms with Crippen molar-refractivity contribution in [1.82, 2.24) is 15.2 Å². The lowest BCUT2D eigenvalue weighted by Gasteiger charge is -2.35. The minimum absolute atomic E-state index is 0.0562. The fourth-order valence-corrected chi connectivity index (χ4v) is 3.95. The summed E-state index contributed by atoms with van der Waals surface area (Å²) < 4.78 is 0. The molecular formula is C24H28N4O. The number of nitrogens with one attached hydrogen (secondary N) is 1. The second-order valence-electron chi connectivity index (χ2n) is 7.93. The van der Waals surface area contributed by atoms with Gasteiger partial charge in [0.05, 0.1) is 11.1 Å². The van der Waals surface area contributed by atoms with Crippen molar-refractivity contribution in [2.75, 3.05) is 38.1 Å². The third-order valence-electron chi connectivity index (χ3n) is 5.61. The topological polar surface area (TPSA) is 48.5 Å². The van der Waals surface area contributed by atoms with Gasteiger partial charge < -0.3 is 15.1 Å². The first-order valence-electron chi connectivity index (χ1n) is 10.2. The highest BCUT2D eigenvalue weighted by atomic mass is 16.1. The number of carbonyl (C=O) groups excluding carboxylic acids is 1. The largest absolute Gasteiger partial charge is 0.369 e. The number of pyridine rings is 1. The van der Waals surface area contributed by atoms with Crippen LogP contribution < -0.4 is 10.2 Å². The molecule has 0 spiro atoms. The van der Waals surface area contributed by atoms with E-state index in [1.165, 1.54) is 5.69 Å². The Hall–Kier alpha value is -2.92. The Kier molecular flexibility index (Phi) is 5.49. The standard InChI is InChI=1S/C24H28N4O/c1-17-8-9-22-20(14-17)21(15-18(2)26-22)24(29)25-16-19-6-4-5-7-23(19)28-12-10-27(3)11-13-28/h4-9,14-15H,10-13,16H2,1-3H3,(H,25,29). The Morgan fingerprint density at radius 3 is 2.59 bits per heavy atom. The third-order valence-corrected chi connectivity index (χ3v) is 5.61. The molecule has 5 heteroatoms. The van der Waals surface area contributed by atoms with E-state index in [0.29, 0.717) is 12.1 Å². The van der Waals surface area contributed by atoms with Crippen LogP contribution >= 0.6 is 0 Å². The molecule has 0 bridgehead atoms. The number of likely N-dealkylation sites (N-methyl/N-ethyl adjacent to an activating group) is 1. The van der Waals surface area contributed by atoms with Gasteiger partial charge >= 0.3 is 0 Å². The van der Waals surface area contributed by atoms with Gasteiger partial charge in [0.1, 0.15) is 0 Å². The maximum absolute atomic E-state index is 13.1. The third kappa shape index (κ3) is 4.25. The molecule has 1 aliphatic heterocycles. The molecule has 5 nitrogen and oxygen atoms in total. The van der Waals surface area contributed by atoms with Crippen LogP contribution in [-0.2, 0) is 6.54 Å². The summed E-state index contributed by atoms with van der Waals surface area (Å²) in [4.78, 5) is 22.4. The van der Waals surface area contributed by atoms with Gasteiger partial charge in [0, 0.05) is 49.5 Å². The van der Waals surface area contributed by atoms with Gasteiger partial charge in [0.2, 0.25) is 0 Å². The predicted octanol–water partition coefficient (Wildman–Crippen LogP) is 3.53. The monoisotopic (exact) mass is 388 g/mol. The zero-order valence-corrected chi connectivity index (χ0v) is 17.4. The number of nitrogens with zero attached hydrogens (tertiary/aromatic N) is 3. The summed E-state index contributed by atoms with van der Waals surface area (Å²) in [6.45, 7) is 8.61. The second-order valence-corrected chi connectivity index (χ2v) is 7.93. The van der Waals surface area contributed by atoms with Gasteiger partial charge in [-0.05, 0) is 50.7 Å². The number of aryl methyl sites for hydroxylation is 2. The molecule has 29 heavy (non-hydrogen) atoms. The number of aromatic nitrogens is 1. The molecule has 4 rings (SSSR count). The Bertz CT molecular complexity index is 1040. The number of rotatable bonds is 4. The molecular weight excluding hydrogens is 360 g/mol. The van der Waals surface area contributed by atoms with Crippen LogP contribution in [0.4, 0.5) is 5.69 Å². The molecule has 150 valence electrons. The molecule has 1 aliphatic rings. The predicted molar refractivity (Wildman–Crippen MR) is 119 cm³/mol. The van der Waals surface area contributed by atoms with E-state index in [4.69, 9.17) is 0 Å². The lowest BCUT2D eigenvalue weighted by atomic mass is 10.0. The van der Waals surface area contributed by atoms with Gasteiger partial charge in [-0.25, -0.2) is 0 Å². The summed E-state index contributed by atoms with van der Waals surface area (Å²) in [5, 5.41) is 4.04. The first-order valence-corrected chi connectivity index (χ1v) is 10.2. The van der Waals surface area contributed by atoms with E-state index < -0.39 is 0 Å². The molecule has 2 aromatic carbocycles. The zero-order valence-electron chi connectivity index (χ0n) is 17.4. The van der Waals surface area contributed by atoms with Gasteiger partial charge in [-0.15, -0.1) is 0 Å². The number of para-hydroxylation sites is 1. The SMILES string of the molecule is Cc1ccc2nc(C)cc(C(=O)NCc3ccccc3N3CCN(C)CC3)c2c1. The van der Waals surface area contributed by atoms with E-state index in [1.807, 2.05) is 44.2 Å². The number of piperazine rings is 1. The highest BCUT2D eigenvalue weighted by molar-refractivity contribution is 6.06.